The Morgan fingerprint density at radius 1 is 1.19 bits per heavy atom. The van der Waals surface area contributed by atoms with Crippen molar-refractivity contribution in [3.05, 3.63) is 11.6 Å². The van der Waals surface area contributed by atoms with E-state index in [0.717, 1.165) is 12.8 Å². The van der Waals surface area contributed by atoms with Crippen molar-refractivity contribution in [3.8, 4) is 0 Å². The molecule has 0 bridgehead atoms. The number of carboxylic acids is 1. The van der Waals surface area contributed by atoms with Crippen LogP contribution < -0.4 is 0 Å². The van der Waals surface area contributed by atoms with Crippen molar-refractivity contribution in [2.45, 2.75) is 65.7 Å². The number of allylic oxidation sites excluding steroid dienone is 1. The van der Waals surface area contributed by atoms with Crippen LogP contribution in [0.3, 0.4) is 0 Å². The van der Waals surface area contributed by atoms with Crippen LogP contribution in [0.1, 0.15) is 65.7 Å². The molecule has 0 radical (unpaired) electrons. The van der Waals surface area contributed by atoms with Gasteiger partial charge < -0.3 is 5.11 Å². The lowest BCUT2D eigenvalue weighted by atomic mass is 9.96. The first kappa shape index (κ1) is 15.2. The Hall–Kier alpha value is -0.790. The molecular weight excluding hydrogens is 200 g/mol. The van der Waals surface area contributed by atoms with E-state index in [9.17, 15) is 4.79 Å². The SMILES string of the molecule is CCCCCCCC(/C=C(\C)C(=O)O)CC. The molecule has 0 spiro atoms. The molecule has 0 fully saturated rings. The molecule has 0 aromatic carbocycles. The van der Waals surface area contributed by atoms with Crippen LogP contribution in [-0.4, -0.2) is 11.1 Å². The van der Waals surface area contributed by atoms with Crippen molar-refractivity contribution in [1.29, 1.82) is 0 Å². The molecule has 0 saturated heterocycles. The van der Waals surface area contributed by atoms with Gasteiger partial charge in [-0.05, 0) is 25.7 Å². The Morgan fingerprint density at radius 2 is 1.81 bits per heavy atom. The first-order valence-electron chi connectivity index (χ1n) is 6.53. The van der Waals surface area contributed by atoms with Gasteiger partial charge >= 0.3 is 5.97 Å². The first-order chi connectivity index (χ1) is 7.61. The summed E-state index contributed by atoms with van der Waals surface area (Å²) in [6.07, 6.45) is 10.5. The topological polar surface area (TPSA) is 37.3 Å². The molecule has 2 heteroatoms. The van der Waals surface area contributed by atoms with Gasteiger partial charge in [0.1, 0.15) is 0 Å². The average molecular weight is 226 g/mol. The van der Waals surface area contributed by atoms with E-state index < -0.39 is 5.97 Å². The number of hydrogen-bond donors (Lipinski definition) is 1. The minimum Gasteiger partial charge on any atom is -0.478 e. The smallest absolute Gasteiger partial charge is 0.330 e. The lowest BCUT2D eigenvalue weighted by Crippen LogP contribution is -2.02. The molecule has 16 heavy (non-hydrogen) atoms. The fourth-order valence-electron chi connectivity index (χ4n) is 1.84. The maximum Gasteiger partial charge on any atom is 0.330 e. The number of aliphatic carboxylic acids is 1. The Labute approximate surface area is 99.7 Å². The summed E-state index contributed by atoms with van der Waals surface area (Å²) in [5.41, 5.74) is 0.486. The fourth-order valence-corrected chi connectivity index (χ4v) is 1.84. The van der Waals surface area contributed by atoms with Crippen LogP contribution in [-0.2, 0) is 4.79 Å². The maximum atomic E-state index is 10.7. The predicted octanol–water partition coefficient (Wildman–Crippen LogP) is 4.40. The van der Waals surface area contributed by atoms with E-state index in [1.807, 2.05) is 6.08 Å². The Morgan fingerprint density at radius 3 is 2.31 bits per heavy atom. The molecule has 1 N–H and O–H groups in total. The summed E-state index contributed by atoms with van der Waals surface area (Å²) in [5, 5.41) is 8.80. The molecule has 0 aromatic rings. The minimum atomic E-state index is -0.788. The lowest BCUT2D eigenvalue weighted by molar-refractivity contribution is -0.132. The Kier molecular flexibility index (Phi) is 8.97. The minimum absolute atomic E-state index is 0.442. The highest BCUT2D eigenvalue weighted by Gasteiger charge is 2.06. The second-order valence-corrected chi connectivity index (χ2v) is 4.53. The van der Waals surface area contributed by atoms with E-state index in [1.165, 1.54) is 32.1 Å². The molecule has 0 aliphatic heterocycles. The number of hydrogen-bond acceptors (Lipinski definition) is 1. The van der Waals surface area contributed by atoms with E-state index >= 15 is 0 Å². The molecule has 2 nitrogen and oxygen atoms in total. The Balaban J connectivity index is 3.83. The summed E-state index contributed by atoms with van der Waals surface area (Å²) in [4.78, 5) is 10.7. The summed E-state index contributed by atoms with van der Waals surface area (Å²) in [6.45, 7) is 6.03. The van der Waals surface area contributed by atoms with Crippen LogP contribution in [0.25, 0.3) is 0 Å². The third-order valence-electron chi connectivity index (χ3n) is 3.03. The van der Waals surface area contributed by atoms with Crippen LogP contribution in [0.5, 0.6) is 0 Å². The van der Waals surface area contributed by atoms with E-state index in [-0.39, 0.29) is 0 Å². The zero-order chi connectivity index (χ0) is 12.4. The largest absolute Gasteiger partial charge is 0.478 e. The van der Waals surface area contributed by atoms with Crippen LogP contribution in [0.4, 0.5) is 0 Å². The average Bonchev–Trinajstić information content (AvgIpc) is 2.26. The van der Waals surface area contributed by atoms with E-state index in [2.05, 4.69) is 13.8 Å². The van der Waals surface area contributed by atoms with E-state index in [1.54, 1.807) is 6.92 Å². The summed E-state index contributed by atoms with van der Waals surface area (Å²) in [6, 6.07) is 0. The van der Waals surface area contributed by atoms with Crippen LogP contribution in [0.2, 0.25) is 0 Å². The van der Waals surface area contributed by atoms with Gasteiger partial charge in [0.15, 0.2) is 0 Å². The molecule has 0 rings (SSSR count). The van der Waals surface area contributed by atoms with Gasteiger partial charge in [-0.15, -0.1) is 0 Å². The molecule has 0 amide bonds. The summed E-state index contributed by atoms with van der Waals surface area (Å²) in [5.74, 6) is -0.345. The van der Waals surface area contributed by atoms with Gasteiger partial charge in [-0.1, -0.05) is 52.0 Å². The van der Waals surface area contributed by atoms with Crippen LogP contribution in [0, 0.1) is 5.92 Å². The van der Waals surface area contributed by atoms with Gasteiger partial charge in [0.25, 0.3) is 0 Å². The van der Waals surface area contributed by atoms with Gasteiger partial charge in [0.05, 0.1) is 0 Å². The van der Waals surface area contributed by atoms with Crippen molar-refractivity contribution in [3.63, 3.8) is 0 Å². The van der Waals surface area contributed by atoms with E-state index in [4.69, 9.17) is 5.11 Å². The number of rotatable bonds is 9. The summed E-state index contributed by atoms with van der Waals surface area (Å²) >= 11 is 0. The Bertz CT molecular complexity index is 219. The lowest BCUT2D eigenvalue weighted by Gasteiger charge is -2.10. The molecule has 94 valence electrons. The summed E-state index contributed by atoms with van der Waals surface area (Å²) in [7, 11) is 0. The zero-order valence-electron chi connectivity index (χ0n) is 11.0. The van der Waals surface area contributed by atoms with Crippen LogP contribution >= 0.6 is 0 Å². The molecule has 0 aromatic heterocycles. The highest BCUT2D eigenvalue weighted by molar-refractivity contribution is 5.85. The van der Waals surface area contributed by atoms with E-state index in [0.29, 0.717) is 11.5 Å². The quantitative estimate of drug-likeness (QED) is 0.467. The number of carboxylic acid groups (broad SMARTS) is 1. The molecular formula is C14H26O2. The molecule has 0 heterocycles. The maximum absolute atomic E-state index is 10.7. The van der Waals surface area contributed by atoms with Crippen molar-refractivity contribution >= 4 is 5.97 Å². The van der Waals surface area contributed by atoms with Crippen molar-refractivity contribution < 1.29 is 9.90 Å². The first-order valence-corrected chi connectivity index (χ1v) is 6.53. The van der Waals surface area contributed by atoms with Crippen molar-refractivity contribution in [2.75, 3.05) is 0 Å². The van der Waals surface area contributed by atoms with Gasteiger partial charge in [-0.3, -0.25) is 0 Å². The molecule has 0 aliphatic rings. The van der Waals surface area contributed by atoms with Crippen molar-refractivity contribution in [1.82, 2.24) is 0 Å². The van der Waals surface area contributed by atoms with Gasteiger partial charge in [0, 0.05) is 5.57 Å². The molecule has 0 saturated carbocycles. The van der Waals surface area contributed by atoms with Gasteiger partial charge in [-0.25, -0.2) is 4.79 Å². The fraction of sp³-hybridized carbons (Fsp3) is 0.786. The molecule has 1 atom stereocenters. The summed E-state index contributed by atoms with van der Waals surface area (Å²) < 4.78 is 0. The predicted molar refractivity (Wildman–Crippen MR) is 68.5 cm³/mol. The number of carbonyl (C=O) groups is 1. The third-order valence-corrected chi connectivity index (χ3v) is 3.03. The highest BCUT2D eigenvalue weighted by atomic mass is 16.4. The zero-order valence-corrected chi connectivity index (χ0v) is 11.0. The monoisotopic (exact) mass is 226 g/mol. The number of unbranched alkanes of at least 4 members (excludes halogenated alkanes) is 4. The second-order valence-electron chi connectivity index (χ2n) is 4.53. The standard InChI is InChI=1S/C14H26O2/c1-4-6-7-8-9-10-13(5-2)11-12(3)14(15)16/h11,13H,4-10H2,1-3H3,(H,15,16)/b12-11+. The van der Waals surface area contributed by atoms with Crippen LogP contribution in [0.15, 0.2) is 11.6 Å². The second kappa shape index (κ2) is 9.44. The molecule has 0 aliphatic carbocycles. The normalized spacial score (nSPS) is 13.8. The highest BCUT2D eigenvalue weighted by Crippen LogP contribution is 2.17. The third kappa shape index (κ3) is 7.49. The van der Waals surface area contributed by atoms with Gasteiger partial charge in [-0.2, -0.15) is 0 Å². The molecule has 1 unspecified atom stereocenters. The van der Waals surface area contributed by atoms with Crippen molar-refractivity contribution in [2.24, 2.45) is 5.92 Å². The van der Waals surface area contributed by atoms with Gasteiger partial charge in [0.2, 0.25) is 0 Å².